The highest BCUT2D eigenvalue weighted by Gasteiger charge is 2.14. The molecule has 0 fully saturated rings. The van der Waals surface area contributed by atoms with Crippen LogP contribution in [0.3, 0.4) is 0 Å². The first kappa shape index (κ1) is 28.7. The summed E-state index contributed by atoms with van der Waals surface area (Å²) in [5, 5.41) is 18.4. The first-order chi connectivity index (χ1) is 13.3. The van der Waals surface area contributed by atoms with E-state index in [0.29, 0.717) is 11.0 Å². The summed E-state index contributed by atoms with van der Waals surface area (Å²) in [7, 11) is 0. The minimum atomic E-state index is -0.635. The van der Waals surface area contributed by atoms with Crippen LogP contribution in [0.5, 0.6) is 0 Å². The molecule has 0 aliphatic heterocycles. The summed E-state index contributed by atoms with van der Waals surface area (Å²) in [6, 6.07) is 0. The number of thiocarbonyl (C=S) groups is 1. The summed E-state index contributed by atoms with van der Waals surface area (Å²) in [5.41, 5.74) is 12.4. The number of nitrogens with zero attached hydrogens (tertiary/aromatic N) is 2. The number of nitrogens with two attached hydrogens (primary N) is 3. The van der Waals surface area contributed by atoms with Crippen molar-refractivity contribution in [3.63, 3.8) is 0 Å². The Labute approximate surface area is 178 Å². The van der Waals surface area contributed by atoms with Crippen molar-refractivity contribution in [3.05, 3.63) is 5.01 Å². The maximum atomic E-state index is 10.5. The van der Waals surface area contributed by atoms with Crippen LogP contribution in [-0.2, 0) is 4.79 Å². The van der Waals surface area contributed by atoms with Crippen molar-refractivity contribution in [2.24, 2.45) is 17.5 Å². The molecule has 0 aliphatic rings. The van der Waals surface area contributed by atoms with Crippen LogP contribution in [-0.4, -0.2) is 26.4 Å². The number of carbonyl (C=O) groups is 1. The minimum absolute atomic E-state index is 0.102. The topological polar surface area (TPSA) is 153 Å². The third kappa shape index (κ3) is 15.5. The van der Waals surface area contributed by atoms with Gasteiger partial charge in [-0.3, -0.25) is 4.79 Å². The maximum Gasteiger partial charge on any atom is 0.306 e. The molecule has 0 radical (unpaired) electrons. The number of aromatic nitrogens is 2. The highest BCUT2D eigenvalue weighted by atomic mass is 32.1. The van der Waals surface area contributed by atoms with Crippen LogP contribution in [0.4, 0.5) is 5.13 Å². The molecular formula is C18H38N6O2S2. The predicted molar refractivity (Wildman–Crippen MR) is 122 cm³/mol. The molecule has 164 valence electrons. The Hall–Kier alpha value is -1.52. The molecule has 0 unspecified atom stereocenters. The lowest BCUT2D eigenvalue weighted by molar-refractivity contribution is -0.142. The fourth-order valence-electron chi connectivity index (χ4n) is 2.59. The molecule has 28 heavy (non-hydrogen) atoms. The largest absolute Gasteiger partial charge is 0.481 e. The van der Waals surface area contributed by atoms with Gasteiger partial charge in [0.2, 0.25) is 5.13 Å². The van der Waals surface area contributed by atoms with Gasteiger partial charge in [-0.1, -0.05) is 64.7 Å². The lowest BCUT2D eigenvalue weighted by Gasteiger charge is -2.10. The average Bonchev–Trinajstić information content (AvgIpc) is 3.08. The Balaban J connectivity index is 0. The zero-order valence-corrected chi connectivity index (χ0v) is 19.2. The number of hydrazine groups is 1. The summed E-state index contributed by atoms with van der Waals surface area (Å²) in [4.78, 5) is 10.5. The third-order valence-electron chi connectivity index (χ3n) is 3.85. The van der Waals surface area contributed by atoms with E-state index >= 15 is 0 Å². The van der Waals surface area contributed by atoms with Crippen molar-refractivity contribution >= 4 is 39.8 Å². The van der Waals surface area contributed by atoms with Crippen LogP contribution in [0, 0.1) is 5.92 Å². The smallest absolute Gasteiger partial charge is 0.306 e. The van der Waals surface area contributed by atoms with E-state index < -0.39 is 5.97 Å². The van der Waals surface area contributed by atoms with Crippen LogP contribution in [0.15, 0.2) is 0 Å². The summed E-state index contributed by atoms with van der Waals surface area (Å²) >= 11 is 5.77. The number of hydrogen-bond acceptors (Lipinski definition) is 7. The molecule has 0 aromatic carbocycles. The van der Waals surface area contributed by atoms with Gasteiger partial charge < -0.3 is 22.0 Å². The van der Waals surface area contributed by atoms with E-state index in [-0.39, 0.29) is 11.0 Å². The highest BCUT2D eigenvalue weighted by Crippen LogP contribution is 2.29. The number of carboxylic acids is 1. The number of nitrogen functional groups attached to an aromatic ring is 1. The zero-order valence-electron chi connectivity index (χ0n) is 17.6. The van der Waals surface area contributed by atoms with Crippen LogP contribution < -0.4 is 22.7 Å². The van der Waals surface area contributed by atoms with Crippen LogP contribution in [0.1, 0.15) is 90.0 Å². The molecule has 0 bridgehead atoms. The fourth-order valence-corrected chi connectivity index (χ4v) is 3.37. The van der Waals surface area contributed by atoms with E-state index in [2.05, 4.69) is 42.1 Å². The lowest BCUT2D eigenvalue weighted by atomic mass is 9.99. The van der Waals surface area contributed by atoms with Crippen molar-refractivity contribution < 1.29 is 9.90 Å². The van der Waals surface area contributed by atoms with Crippen molar-refractivity contribution in [1.82, 2.24) is 15.6 Å². The predicted octanol–water partition coefficient (Wildman–Crippen LogP) is 3.78. The van der Waals surface area contributed by atoms with Gasteiger partial charge >= 0.3 is 5.97 Å². The van der Waals surface area contributed by atoms with E-state index in [4.69, 9.17) is 16.6 Å². The summed E-state index contributed by atoms with van der Waals surface area (Å²) in [6.45, 7) is 8.44. The number of carboxylic acid groups (broad SMARTS) is 1. The van der Waals surface area contributed by atoms with Crippen LogP contribution >= 0.6 is 23.6 Å². The first-order valence-corrected chi connectivity index (χ1v) is 11.1. The van der Waals surface area contributed by atoms with Gasteiger partial charge in [0.05, 0.1) is 5.92 Å². The molecular weight excluding hydrogens is 396 g/mol. The standard InChI is InChI=1S/C9H17N3S.C8H16O2.CH5N3S/c1-3-5-7(6-4-2)8-11-12-9(10)13-8;1-3-5-7(6-4-2)8(9)10;2-1(5)4-3/h7H,3-6H2,1-2H3,(H2,10,12);7H,3-6H2,1-2H3,(H,9,10);3H2,(H3,2,4,5). The van der Waals surface area contributed by atoms with Crippen molar-refractivity contribution in [3.8, 4) is 0 Å². The van der Waals surface area contributed by atoms with Gasteiger partial charge in [0.15, 0.2) is 5.11 Å². The molecule has 1 aromatic heterocycles. The molecule has 8 nitrogen and oxygen atoms in total. The minimum Gasteiger partial charge on any atom is -0.481 e. The van der Waals surface area contributed by atoms with Gasteiger partial charge in [-0.25, -0.2) is 5.84 Å². The second-order valence-electron chi connectivity index (χ2n) is 6.37. The quantitative estimate of drug-likeness (QED) is 0.210. The molecule has 0 amide bonds. The third-order valence-corrected chi connectivity index (χ3v) is 4.88. The van der Waals surface area contributed by atoms with E-state index in [1.165, 1.54) is 37.0 Å². The lowest BCUT2D eigenvalue weighted by Crippen LogP contribution is -2.34. The Morgan fingerprint density at radius 2 is 1.50 bits per heavy atom. The normalized spacial score (nSPS) is 9.96. The van der Waals surface area contributed by atoms with Gasteiger partial charge in [0, 0.05) is 5.92 Å². The molecule has 0 spiro atoms. The molecule has 1 rings (SSSR count). The summed E-state index contributed by atoms with van der Waals surface area (Å²) < 4.78 is 0. The van der Waals surface area contributed by atoms with Crippen molar-refractivity contribution in [2.45, 2.75) is 85.0 Å². The number of hydrogen-bond donors (Lipinski definition) is 5. The molecule has 0 saturated carbocycles. The van der Waals surface area contributed by atoms with Gasteiger partial charge in [0.25, 0.3) is 0 Å². The van der Waals surface area contributed by atoms with E-state index in [1.54, 1.807) is 0 Å². The average molecular weight is 435 g/mol. The van der Waals surface area contributed by atoms with Crippen molar-refractivity contribution in [1.29, 1.82) is 0 Å². The SMILES string of the molecule is CCCC(CCC)C(=O)O.CCCC(CCC)c1nnc(N)s1.NNC(N)=S. The Bertz CT molecular complexity index is 516. The summed E-state index contributed by atoms with van der Waals surface area (Å²) in [6.07, 6.45) is 8.37. The molecule has 1 heterocycles. The molecule has 0 aliphatic carbocycles. The zero-order chi connectivity index (χ0) is 21.9. The number of rotatable bonds is 10. The second kappa shape index (κ2) is 18.8. The number of aliphatic carboxylic acids is 1. The highest BCUT2D eigenvalue weighted by molar-refractivity contribution is 7.80. The van der Waals surface area contributed by atoms with Crippen LogP contribution in [0.2, 0.25) is 0 Å². The molecule has 8 N–H and O–H groups in total. The second-order valence-corrected chi connectivity index (χ2v) is 7.85. The fraction of sp³-hybridized carbons (Fsp3) is 0.778. The maximum absolute atomic E-state index is 10.5. The molecule has 0 atom stereocenters. The van der Waals surface area contributed by atoms with Gasteiger partial charge in [0.1, 0.15) is 5.01 Å². The number of anilines is 1. The monoisotopic (exact) mass is 434 g/mol. The Morgan fingerprint density at radius 3 is 1.75 bits per heavy atom. The van der Waals surface area contributed by atoms with Gasteiger partial charge in [-0.2, -0.15) is 0 Å². The van der Waals surface area contributed by atoms with E-state index in [1.807, 2.05) is 19.3 Å². The summed E-state index contributed by atoms with van der Waals surface area (Å²) in [5.74, 6) is 4.49. The van der Waals surface area contributed by atoms with Crippen molar-refractivity contribution in [2.75, 3.05) is 5.73 Å². The number of nitrogens with one attached hydrogen (secondary N) is 1. The molecule has 0 saturated heterocycles. The van der Waals surface area contributed by atoms with Gasteiger partial charge in [-0.05, 0) is 37.9 Å². The Morgan fingerprint density at radius 1 is 1.07 bits per heavy atom. The van der Waals surface area contributed by atoms with Crippen LogP contribution in [0.25, 0.3) is 0 Å². The van der Waals surface area contributed by atoms with Gasteiger partial charge in [-0.15, -0.1) is 10.2 Å². The first-order valence-electron chi connectivity index (χ1n) is 9.84. The Kier molecular flexibility index (Phi) is 19.3. The molecule has 10 heteroatoms. The van der Waals surface area contributed by atoms with E-state index in [0.717, 1.165) is 30.7 Å². The molecule has 1 aromatic rings. The van der Waals surface area contributed by atoms with E-state index in [9.17, 15) is 4.79 Å².